The lowest BCUT2D eigenvalue weighted by atomic mass is 10.1. The maximum atomic E-state index is 11.9. The zero-order valence-corrected chi connectivity index (χ0v) is 13.7. The predicted molar refractivity (Wildman–Crippen MR) is 88.7 cm³/mol. The van der Waals surface area contributed by atoms with E-state index in [1.165, 1.54) is 12.3 Å². The van der Waals surface area contributed by atoms with Crippen molar-refractivity contribution in [3.63, 3.8) is 0 Å². The van der Waals surface area contributed by atoms with Crippen LogP contribution < -0.4 is 10.1 Å². The molecule has 0 saturated carbocycles. The standard InChI is InChI=1S/C17H19ClN2O3/c1-11(2)23-14-6-3-12(4-7-14)16(21)10-20-17(22)15-8-5-13(18)9-19-15/h3-9,11,16,21H,10H2,1-2H3,(H,20,22). The number of rotatable bonds is 6. The Bertz CT molecular complexity index is 642. The molecule has 23 heavy (non-hydrogen) atoms. The summed E-state index contributed by atoms with van der Waals surface area (Å²) in [5, 5.41) is 13.2. The van der Waals surface area contributed by atoms with Crippen LogP contribution in [0.1, 0.15) is 36.0 Å². The van der Waals surface area contributed by atoms with Crippen LogP contribution in [-0.2, 0) is 0 Å². The second-order valence-electron chi connectivity index (χ2n) is 5.32. The highest BCUT2D eigenvalue weighted by atomic mass is 35.5. The molecule has 122 valence electrons. The number of benzene rings is 1. The molecule has 1 aromatic heterocycles. The van der Waals surface area contributed by atoms with Gasteiger partial charge in [0.05, 0.1) is 17.2 Å². The van der Waals surface area contributed by atoms with Crippen LogP contribution >= 0.6 is 11.6 Å². The summed E-state index contributed by atoms with van der Waals surface area (Å²) in [5.41, 5.74) is 0.952. The number of aromatic nitrogens is 1. The molecular weight excluding hydrogens is 316 g/mol. The molecule has 0 aliphatic carbocycles. The summed E-state index contributed by atoms with van der Waals surface area (Å²) < 4.78 is 5.54. The number of aliphatic hydroxyl groups is 1. The van der Waals surface area contributed by atoms with Crippen molar-refractivity contribution in [1.82, 2.24) is 10.3 Å². The van der Waals surface area contributed by atoms with Gasteiger partial charge in [-0.3, -0.25) is 4.79 Å². The zero-order valence-electron chi connectivity index (χ0n) is 13.0. The number of carbonyl (C=O) groups is 1. The summed E-state index contributed by atoms with van der Waals surface area (Å²) in [4.78, 5) is 15.8. The number of nitrogens with zero attached hydrogens (tertiary/aromatic N) is 1. The number of pyridine rings is 1. The van der Waals surface area contributed by atoms with Crippen molar-refractivity contribution in [1.29, 1.82) is 0 Å². The average Bonchev–Trinajstić information content (AvgIpc) is 2.53. The minimum atomic E-state index is -0.806. The van der Waals surface area contributed by atoms with Crippen molar-refractivity contribution in [3.05, 3.63) is 58.9 Å². The molecule has 6 heteroatoms. The highest BCUT2D eigenvalue weighted by Crippen LogP contribution is 2.18. The van der Waals surface area contributed by atoms with Gasteiger partial charge in [0.1, 0.15) is 11.4 Å². The van der Waals surface area contributed by atoms with Gasteiger partial charge in [-0.1, -0.05) is 23.7 Å². The summed E-state index contributed by atoms with van der Waals surface area (Å²) in [6.07, 6.45) is 0.691. The first kappa shape index (κ1) is 17.2. The highest BCUT2D eigenvalue weighted by molar-refractivity contribution is 6.30. The van der Waals surface area contributed by atoms with Gasteiger partial charge >= 0.3 is 0 Å². The molecule has 1 atom stereocenters. The van der Waals surface area contributed by atoms with Gasteiger partial charge in [0.25, 0.3) is 5.91 Å². The maximum absolute atomic E-state index is 11.9. The molecule has 5 nitrogen and oxygen atoms in total. The van der Waals surface area contributed by atoms with E-state index in [0.29, 0.717) is 10.6 Å². The molecule has 0 bridgehead atoms. The third kappa shape index (κ3) is 5.23. The number of halogens is 1. The van der Waals surface area contributed by atoms with Crippen molar-refractivity contribution < 1.29 is 14.6 Å². The normalized spacial score (nSPS) is 12.0. The van der Waals surface area contributed by atoms with Gasteiger partial charge in [0.15, 0.2) is 0 Å². The van der Waals surface area contributed by atoms with Crippen LogP contribution in [0.4, 0.5) is 0 Å². The summed E-state index contributed by atoms with van der Waals surface area (Å²) in [7, 11) is 0. The zero-order chi connectivity index (χ0) is 16.8. The van der Waals surface area contributed by atoms with Crippen LogP contribution in [0.25, 0.3) is 0 Å². The topological polar surface area (TPSA) is 71.5 Å². The fourth-order valence-corrected chi connectivity index (χ4v) is 2.06. The molecule has 1 aromatic carbocycles. The van der Waals surface area contributed by atoms with Crippen LogP contribution in [0.15, 0.2) is 42.6 Å². The Hall–Kier alpha value is -2.11. The van der Waals surface area contributed by atoms with E-state index in [9.17, 15) is 9.90 Å². The van der Waals surface area contributed by atoms with Crippen molar-refractivity contribution in [3.8, 4) is 5.75 Å². The van der Waals surface area contributed by atoms with Gasteiger partial charge in [0.2, 0.25) is 0 Å². The summed E-state index contributed by atoms with van der Waals surface area (Å²) >= 11 is 5.72. The molecule has 0 aliphatic rings. The van der Waals surface area contributed by atoms with Gasteiger partial charge in [-0.25, -0.2) is 4.98 Å². The molecule has 0 saturated heterocycles. The number of ether oxygens (including phenoxy) is 1. The Balaban J connectivity index is 1.90. The third-order valence-corrected chi connectivity index (χ3v) is 3.28. The molecule has 0 aliphatic heterocycles. The van der Waals surface area contributed by atoms with Crippen LogP contribution in [0, 0.1) is 0 Å². The monoisotopic (exact) mass is 334 g/mol. The van der Waals surface area contributed by atoms with E-state index in [-0.39, 0.29) is 24.2 Å². The van der Waals surface area contributed by atoms with Crippen LogP contribution in [0.5, 0.6) is 5.75 Å². The number of nitrogens with one attached hydrogen (secondary N) is 1. The molecule has 1 amide bonds. The van der Waals surface area contributed by atoms with Crippen molar-refractivity contribution in [2.24, 2.45) is 0 Å². The number of hydrogen-bond donors (Lipinski definition) is 2. The number of hydrogen-bond acceptors (Lipinski definition) is 4. The third-order valence-electron chi connectivity index (χ3n) is 3.05. The van der Waals surface area contributed by atoms with Crippen molar-refractivity contribution >= 4 is 17.5 Å². The fourth-order valence-electron chi connectivity index (χ4n) is 1.95. The summed E-state index contributed by atoms with van der Waals surface area (Å²) in [6, 6.07) is 10.3. The molecule has 1 heterocycles. The Morgan fingerprint density at radius 1 is 1.26 bits per heavy atom. The summed E-state index contributed by atoms with van der Waals surface area (Å²) in [6.45, 7) is 3.99. The van der Waals surface area contributed by atoms with Gasteiger partial charge in [-0.05, 0) is 43.7 Å². The Morgan fingerprint density at radius 3 is 2.52 bits per heavy atom. The van der Waals surface area contributed by atoms with E-state index in [1.54, 1.807) is 30.3 Å². The minimum Gasteiger partial charge on any atom is -0.491 e. The first-order valence-corrected chi connectivity index (χ1v) is 7.68. The van der Waals surface area contributed by atoms with Crippen molar-refractivity contribution in [2.45, 2.75) is 26.1 Å². The van der Waals surface area contributed by atoms with Gasteiger partial charge in [0, 0.05) is 12.7 Å². The van der Waals surface area contributed by atoms with E-state index in [2.05, 4.69) is 10.3 Å². The van der Waals surface area contributed by atoms with Gasteiger partial charge in [-0.15, -0.1) is 0 Å². The van der Waals surface area contributed by atoms with Crippen molar-refractivity contribution in [2.75, 3.05) is 6.54 Å². The lowest BCUT2D eigenvalue weighted by molar-refractivity contribution is 0.0911. The van der Waals surface area contributed by atoms with E-state index >= 15 is 0 Å². The number of aliphatic hydroxyl groups excluding tert-OH is 1. The molecule has 2 aromatic rings. The van der Waals surface area contributed by atoms with Gasteiger partial charge < -0.3 is 15.2 Å². The van der Waals surface area contributed by atoms with Gasteiger partial charge in [-0.2, -0.15) is 0 Å². The maximum Gasteiger partial charge on any atom is 0.269 e. The largest absolute Gasteiger partial charge is 0.491 e. The Kier molecular flexibility index (Phi) is 5.96. The number of carbonyl (C=O) groups excluding carboxylic acids is 1. The van der Waals surface area contributed by atoms with Crippen LogP contribution in [0.3, 0.4) is 0 Å². The minimum absolute atomic E-state index is 0.0908. The molecular formula is C17H19ClN2O3. The lowest BCUT2D eigenvalue weighted by Crippen LogP contribution is -2.29. The first-order chi connectivity index (χ1) is 11.0. The second-order valence-corrected chi connectivity index (χ2v) is 5.76. The van der Waals surface area contributed by atoms with E-state index in [1.807, 2.05) is 13.8 Å². The quantitative estimate of drug-likeness (QED) is 0.852. The second kappa shape index (κ2) is 7.94. The predicted octanol–water partition coefficient (Wildman–Crippen LogP) is 2.99. The Morgan fingerprint density at radius 2 is 1.96 bits per heavy atom. The van der Waals surface area contributed by atoms with E-state index in [0.717, 1.165) is 5.75 Å². The smallest absolute Gasteiger partial charge is 0.269 e. The Labute approximate surface area is 140 Å². The number of amides is 1. The lowest BCUT2D eigenvalue weighted by Gasteiger charge is -2.14. The first-order valence-electron chi connectivity index (χ1n) is 7.30. The highest BCUT2D eigenvalue weighted by Gasteiger charge is 2.12. The molecule has 1 unspecified atom stereocenters. The fraction of sp³-hybridized carbons (Fsp3) is 0.294. The molecule has 0 radical (unpaired) electrons. The van der Waals surface area contributed by atoms with E-state index < -0.39 is 6.10 Å². The molecule has 2 N–H and O–H groups in total. The average molecular weight is 335 g/mol. The molecule has 0 spiro atoms. The SMILES string of the molecule is CC(C)Oc1ccc(C(O)CNC(=O)c2ccc(Cl)cn2)cc1. The van der Waals surface area contributed by atoms with E-state index in [4.69, 9.17) is 16.3 Å². The van der Waals surface area contributed by atoms with Crippen LogP contribution in [-0.4, -0.2) is 28.6 Å². The molecule has 0 fully saturated rings. The van der Waals surface area contributed by atoms with Crippen LogP contribution in [0.2, 0.25) is 5.02 Å². The molecule has 2 rings (SSSR count). The summed E-state index contributed by atoms with van der Waals surface area (Å²) in [5.74, 6) is 0.380.